The lowest BCUT2D eigenvalue weighted by Crippen LogP contribution is -2.51. The minimum Gasteiger partial charge on any atom is -0.381 e. The molecule has 0 radical (unpaired) electrons. The number of benzene rings is 4. The van der Waals surface area contributed by atoms with Crippen molar-refractivity contribution in [2.24, 2.45) is 17.8 Å². The number of carbonyl (C=O) groups excluding carboxylic acids is 8. The standard InChI is InChI=1S/C31H36F4N4O3S.C29H40N4O3S.C27H38N4O4S.2H2/c1-19(2)10-16-39-28(41)25(43-29(39)27-22(31(33,34)35)7-5-8-23(27)32)18-26(40)37-14-12-21(13-15-37)38-17-11-20-6-3-4-9-24(20)36-30(38)42;1-21(2)11-18-33-27(35)25(37-29(33)14-7-4-8-15-29)19-26(34)31-16-12-23(13-17-31)32-20-24(30-28(32)36)22-9-5-3-6-10-22;1-19(2)7-14-31-25(33)23(36-27(31)10-15-35-16-11-27)17-24(32)29-12-8-21(9-13-29)30-18-20-5-3-4-6-22(20)28-26(30)34;;/h3-9,19,21,25,29H,10-18H2,1-2H3,(H,36,42);3,5-6,9-10,20-21,23,25H,4,7-8,11-19H2,1-2H3,(H,30,36);3-6,19,21,23H,7-18H2,1-2H3,(H,28,34);2*1H. The molecule has 1 aromatic heterocycles. The number of aromatic amines is 1. The molecule has 3 N–H and O–H groups in total. The van der Waals surface area contributed by atoms with Crippen molar-refractivity contribution in [1.29, 1.82) is 0 Å². The van der Waals surface area contributed by atoms with Gasteiger partial charge < -0.3 is 59.6 Å². The van der Waals surface area contributed by atoms with Crippen LogP contribution in [0.1, 0.15) is 200 Å². The topological polar surface area (TPSA) is 234 Å². The third-order valence-electron chi connectivity index (χ3n) is 24.9. The summed E-state index contributed by atoms with van der Waals surface area (Å²) in [5.41, 5.74) is 3.92. The van der Waals surface area contributed by atoms with E-state index in [1.165, 1.54) is 11.3 Å². The highest BCUT2D eigenvalue weighted by Gasteiger charge is 2.55. The second-order valence-corrected chi connectivity index (χ2v) is 38.4. The van der Waals surface area contributed by atoms with E-state index in [-0.39, 0.29) is 120 Å². The molecule has 22 nitrogen and oxygen atoms in total. The quantitative estimate of drug-likeness (QED) is 0.0616. The highest BCUT2D eigenvalue weighted by atomic mass is 32.2. The maximum absolute atomic E-state index is 15.0. The number of carbonyl (C=O) groups is 8. The summed E-state index contributed by atoms with van der Waals surface area (Å²) >= 11 is 4.39. The van der Waals surface area contributed by atoms with E-state index in [0.29, 0.717) is 96.7 Å². The average molecular weight is 1660 g/mol. The van der Waals surface area contributed by atoms with Crippen LogP contribution >= 0.6 is 35.3 Å². The molecule has 4 aromatic carbocycles. The molecule has 15 rings (SSSR count). The first-order valence-electron chi connectivity index (χ1n) is 42.0. The number of likely N-dealkylation sites (tertiary alicyclic amines) is 3. The van der Waals surface area contributed by atoms with Crippen LogP contribution in [0.4, 0.5) is 38.5 Å². The van der Waals surface area contributed by atoms with E-state index < -0.39 is 39.7 Å². The fourth-order valence-corrected chi connectivity index (χ4v) is 23.2. The van der Waals surface area contributed by atoms with Crippen molar-refractivity contribution in [3.05, 3.63) is 142 Å². The van der Waals surface area contributed by atoms with E-state index in [1.54, 1.807) is 33.0 Å². The van der Waals surface area contributed by atoms with Gasteiger partial charge in [-0.25, -0.2) is 18.8 Å². The number of urea groups is 2. The van der Waals surface area contributed by atoms with E-state index in [0.717, 1.165) is 160 Å². The van der Waals surface area contributed by atoms with Crippen LogP contribution in [-0.4, -0.2) is 212 Å². The number of aromatic nitrogens is 2. The Morgan fingerprint density at radius 2 is 1.01 bits per heavy atom. The number of H-pyrrole nitrogens is 1. The number of rotatable bonds is 20. The van der Waals surface area contributed by atoms with Crippen molar-refractivity contribution in [2.75, 3.05) is 89.3 Å². The van der Waals surface area contributed by atoms with Gasteiger partial charge >= 0.3 is 23.9 Å². The molecule has 10 aliphatic rings. The molecule has 2 spiro atoms. The summed E-state index contributed by atoms with van der Waals surface area (Å²) < 4.78 is 64.0. The molecule has 29 heteroatoms. The summed E-state index contributed by atoms with van der Waals surface area (Å²) in [5, 5.41) is 3.29. The molecule has 4 unspecified atom stereocenters. The van der Waals surface area contributed by atoms with Crippen LogP contribution in [0, 0.1) is 23.6 Å². The van der Waals surface area contributed by atoms with Crippen LogP contribution in [0.2, 0.25) is 0 Å². The number of imidazole rings is 1. The number of amides is 10. The maximum atomic E-state index is 15.0. The van der Waals surface area contributed by atoms with Gasteiger partial charge in [0.15, 0.2) is 0 Å². The largest absolute Gasteiger partial charge is 0.416 e. The third-order valence-corrected chi connectivity index (χ3v) is 29.8. The molecule has 116 heavy (non-hydrogen) atoms. The number of para-hydroxylation sites is 2. The minimum atomic E-state index is -4.80. The number of nitrogens with zero attached hydrogens (tertiary/aromatic N) is 9. The SMILES string of the molecule is CC(C)CCN1C(=O)C(CC(=O)N2CCC(N3CCc4ccccc4NC3=O)CC2)SC1c1c(F)cccc1C(F)(F)F.CC(C)CCN1C(=O)C(CC(=O)N2CCC(N3Cc4ccccc4NC3=O)CC2)SC12CCOCC2.CC(C)CCN1C(=O)C(CC(=O)N2CCC(n3cc(-c4ccccc4)[nH]c3=O)CC2)SC12CCCCC2.[HH].[HH]. The second-order valence-electron chi connectivity index (χ2n) is 34.0. The zero-order valence-corrected chi connectivity index (χ0v) is 70.2. The number of thioether (sulfide) groups is 3. The number of hydrogen-bond acceptors (Lipinski definition) is 13. The van der Waals surface area contributed by atoms with Gasteiger partial charge in [0.05, 0.1) is 36.7 Å². The average Bonchev–Trinajstić information content (AvgIpc) is 1.60. The smallest absolute Gasteiger partial charge is 0.381 e. The first-order valence-corrected chi connectivity index (χ1v) is 44.8. The molecular formula is C87H118F4N12O10S3. The molecule has 632 valence electrons. The van der Waals surface area contributed by atoms with Gasteiger partial charge in [0, 0.05) is 161 Å². The molecule has 10 amide bonds. The van der Waals surface area contributed by atoms with Crippen LogP contribution in [-0.2, 0) is 52.6 Å². The van der Waals surface area contributed by atoms with Gasteiger partial charge in [-0.1, -0.05) is 134 Å². The zero-order valence-electron chi connectivity index (χ0n) is 67.8. The number of halogens is 4. The highest BCUT2D eigenvalue weighted by molar-refractivity contribution is 8.02. The molecule has 8 fully saturated rings. The van der Waals surface area contributed by atoms with Crippen LogP contribution in [0.15, 0.2) is 108 Å². The van der Waals surface area contributed by atoms with Gasteiger partial charge in [-0.2, -0.15) is 13.2 Å². The molecule has 5 aromatic rings. The number of anilines is 2. The van der Waals surface area contributed by atoms with Crippen molar-refractivity contribution >= 4 is 94.2 Å². The van der Waals surface area contributed by atoms with Gasteiger partial charge in [0.2, 0.25) is 35.4 Å². The van der Waals surface area contributed by atoms with Crippen molar-refractivity contribution < 1.29 is 63.5 Å². The van der Waals surface area contributed by atoms with Gasteiger partial charge in [-0.15, -0.1) is 35.3 Å². The van der Waals surface area contributed by atoms with Crippen molar-refractivity contribution in [3.8, 4) is 11.3 Å². The number of nitrogens with one attached hydrogen (secondary N) is 3. The molecule has 1 saturated carbocycles. The summed E-state index contributed by atoms with van der Waals surface area (Å²) in [5.74, 6) is -0.0745. The zero-order chi connectivity index (χ0) is 82.2. The van der Waals surface area contributed by atoms with Crippen LogP contribution in [0.3, 0.4) is 0 Å². The predicted octanol–water partition coefficient (Wildman–Crippen LogP) is 15.8. The molecule has 7 saturated heterocycles. The number of alkyl halides is 3. The summed E-state index contributed by atoms with van der Waals surface area (Å²) in [6.07, 6.45) is 12.2. The molecule has 1 aliphatic carbocycles. The highest BCUT2D eigenvalue weighted by Crippen LogP contribution is 2.53. The maximum Gasteiger partial charge on any atom is 0.416 e. The molecule has 9 aliphatic heterocycles. The monoisotopic (exact) mass is 1660 g/mol. The van der Waals surface area contributed by atoms with E-state index in [2.05, 4.69) is 53.1 Å². The number of hydrogen-bond donors (Lipinski definition) is 3. The summed E-state index contributed by atoms with van der Waals surface area (Å²) in [6.45, 7) is 20.2. The Balaban J connectivity index is 0.000000173. The Hall–Kier alpha value is -8.02. The molecule has 0 bridgehead atoms. The van der Waals surface area contributed by atoms with Crippen LogP contribution in [0.5, 0.6) is 0 Å². The van der Waals surface area contributed by atoms with Crippen molar-refractivity contribution in [1.82, 2.24) is 48.8 Å². The Morgan fingerprint density at radius 1 is 0.534 bits per heavy atom. The number of piperidine rings is 3. The van der Waals surface area contributed by atoms with E-state index in [9.17, 15) is 60.7 Å². The summed E-state index contributed by atoms with van der Waals surface area (Å²) in [7, 11) is 0. The van der Waals surface area contributed by atoms with Crippen LogP contribution < -0.4 is 16.3 Å². The number of ether oxygens (including phenoxy) is 1. The molecule has 4 atom stereocenters. The van der Waals surface area contributed by atoms with E-state index in [1.807, 2.05) is 119 Å². The van der Waals surface area contributed by atoms with E-state index >= 15 is 0 Å². The molecular weight excluding hydrogens is 1550 g/mol. The summed E-state index contributed by atoms with van der Waals surface area (Å²) in [6, 6.07) is 28.2. The first kappa shape index (κ1) is 85.8. The lowest BCUT2D eigenvalue weighted by molar-refractivity contribution is -0.140. The van der Waals surface area contributed by atoms with Crippen molar-refractivity contribution in [2.45, 2.75) is 232 Å². The Kier molecular flexibility index (Phi) is 28.1. The van der Waals surface area contributed by atoms with E-state index in [4.69, 9.17) is 4.74 Å². The Morgan fingerprint density at radius 3 is 1.55 bits per heavy atom. The first-order chi connectivity index (χ1) is 55.7. The fourth-order valence-electron chi connectivity index (χ4n) is 18.2. The third kappa shape index (κ3) is 19.9. The lowest BCUT2D eigenvalue weighted by Gasteiger charge is -2.41. The Labute approximate surface area is 694 Å². The predicted molar refractivity (Wildman–Crippen MR) is 450 cm³/mol. The lowest BCUT2D eigenvalue weighted by atomic mass is 9.92. The van der Waals surface area contributed by atoms with Gasteiger partial charge in [-0.05, 0) is 136 Å². The van der Waals surface area contributed by atoms with Crippen LogP contribution in [0.25, 0.3) is 11.3 Å². The second kappa shape index (κ2) is 37.9. The van der Waals surface area contributed by atoms with Gasteiger partial charge in [0.25, 0.3) is 0 Å². The normalized spacial score (nSPS) is 22.8. The van der Waals surface area contributed by atoms with Gasteiger partial charge in [-0.3, -0.25) is 33.3 Å². The van der Waals surface area contributed by atoms with Crippen molar-refractivity contribution in [3.63, 3.8) is 0 Å². The fraction of sp³-hybridized carbons (Fsp3) is 0.598. The Bertz CT molecular complexity index is 4370. The molecule has 10 heterocycles. The van der Waals surface area contributed by atoms with Gasteiger partial charge in [0.1, 0.15) is 11.2 Å². The number of fused-ring (bicyclic) bond motifs is 2. The minimum absolute atomic E-state index is 0. The summed E-state index contributed by atoms with van der Waals surface area (Å²) in [4.78, 5) is 136.